The molecule has 8 heteroatoms. The van der Waals surface area contributed by atoms with E-state index in [0.29, 0.717) is 12.1 Å². The number of nitrogens with one attached hydrogen (secondary N) is 2. The van der Waals surface area contributed by atoms with E-state index in [1.807, 2.05) is 10.6 Å². The number of aliphatic hydroxyl groups is 1. The van der Waals surface area contributed by atoms with Crippen LogP contribution in [0.5, 0.6) is 0 Å². The molecule has 1 saturated heterocycles. The van der Waals surface area contributed by atoms with E-state index in [1.165, 1.54) is 4.90 Å². The van der Waals surface area contributed by atoms with Gasteiger partial charge in [-0.1, -0.05) is 0 Å². The lowest BCUT2D eigenvalue weighted by molar-refractivity contribution is -0.0561. The number of carbonyl (C=O) groups excluding carboxylic acids is 2. The minimum atomic E-state index is -1.27. The van der Waals surface area contributed by atoms with Gasteiger partial charge in [0.1, 0.15) is 11.7 Å². The van der Waals surface area contributed by atoms with Crippen molar-refractivity contribution in [3.63, 3.8) is 0 Å². The number of carbonyl (C=O) groups is 2. The Kier molecular flexibility index (Phi) is 2.17. The minimum Gasteiger partial charge on any atom is -0.368 e. The monoisotopic (exact) mass is 340 g/mol. The van der Waals surface area contributed by atoms with Crippen LogP contribution in [0.1, 0.15) is 23.0 Å². The molecule has 2 fully saturated rings. The smallest absolute Gasteiger partial charge is 0.319 e. The fourth-order valence-electron chi connectivity index (χ4n) is 3.63. The average Bonchev–Trinajstić information content (AvgIpc) is 2.97. The quantitative estimate of drug-likeness (QED) is 0.622. The summed E-state index contributed by atoms with van der Waals surface area (Å²) in [4.78, 5) is 25.2. The molecule has 0 aromatic carbocycles. The molecule has 1 aromatic heterocycles. The molecule has 20 heavy (non-hydrogen) atoms. The zero-order valence-electron chi connectivity index (χ0n) is 10.6. The molecular formula is C12H13BrN4O3. The van der Waals surface area contributed by atoms with Gasteiger partial charge in [-0.15, -0.1) is 0 Å². The molecule has 3 N–H and O–H groups in total. The van der Waals surface area contributed by atoms with Gasteiger partial charge in [0.2, 0.25) is 0 Å². The van der Waals surface area contributed by atoms with E-state index in [-0.39, 0.29) is 24.0 Å². The van der Waals surface area contributed by atoms with Gasteiger partial charge >= 0.3 is 6.03 Å². The number of urea groups is 1. The number of likely N-dealkylation sites (N-methyl/N-ethyl adjacent to an activating group) is 1. The molecule has 0 unspecified atom stereocenters. The van der Waals surface area contributed by atoms with E-state index in [0.717, 1.165) is 4.60 Å². The van der Waals surface area contributed by atoms with Gasteiger partial charge in [-0.05, 0) is 28.1 Å². The van der Waals surface area contributed by atoms with Crippen molar-refractivity contribution < 1.29 is 14.7 Å². The third-order valence-corrected chi connectivity index (χ3v) is 5.32. The highest BCUT2D eigenvalue weighted by molar-refractivity contribution is 9.10. The molecule has 106 valence electrons. The number of nitrogens with zero attached hydrogens (tertiary/aromatic N) is 2. The molecule has 3 heterocycles. The largest absolute Gasteiger partial charge is 0.368 e. The maximum Gasteiger partial charge on any atom is 0.319 e. The SMILES string of the molecule is CN1C(=O)N[C@@H]2[C@H]3NC(=O)c4ccc(Br)n4[C@H]3C[C@@]21O. The zero-order chi connectivity index (χ0) is 14.2. The minimum absolute atomic E-state index is 0.0925. The summed E-state index contributed by atoms with van der Waals surface area (Å²) in [6.07, 6.45) is 0.373. The van der Waals surface area contributed by atoms with Gasteiger partial charge in [-0.25, -0.2) is 4.79 Å². The number of hydrogen-bond donors (Lipinski definition) is 3. The van der Waals surface area contributed by atoms with Crippen molar-refractivity contribution in [3.8, 4) is 0 Å². The Labute approximate surface area is 123 Å². The second kappa shape index (κ2) is 3.56. The normalized spacial score (nSPS) is 38.1. The summed E-state index contributed by atoms with van der Waals surface area (Å²) in [5.74, 6) is -0.190. The van der Waals surface area contributed by atoms with Crippen LogP contribution in [0.2, 0.25) is 0 Å². The van der Waals surface area contributed by atoms with Crippen molar-refractivity contribution in [2.45, 2.75) is 30.3 Å². The summed E-state index contributed by atoms with van der Waals surface area (Å²) in [6.45, 7) is 0. The molecular weight excluding hydrogens is 328 g/mol. The van der Waals surface area contributed by atoms with Gasteiger partial charge in [0.05, 0.1) is 16.7 Å². The number of amides is 3. The molecule has 1 saturated carbocycles. The van der Waals surface area contributed by atoms with Crippen LogP contribution in [-0.4, -0.2) is 51.4 Å². The van der Waals surface area contributed by atoms with Crippen LogP contribution in [0, 0.1) is 0 Å². The molecule has 3 amide bonds. The Morgan fingerprint density at radius 1 is 1.40 bits per heavy atom. The number of rotatable bonds is 0. The summed E-state index contributed by atoms with van der Waals surface area (Å²) in [5, 5.41) is 16.5. The first-order chi connectivity index (χ1) is 9.43. The molecule has 4 rings (SSSR count). The molecule has 1 aromatic rings. The van der Waals surface area contributed by atoms with Gasteiger partial charge in [0, 0.05) is 13.5 Å². The topological polar surface area (TPSA) is 86.6 Å². The lowest BCUT2D eigenvalue weighted by atomic mass is 10.1. The van der Waals surface area contributed by atoms with E-state index >= 15 is 0 Å². The number of aromatic nitrogens is 1. The number of hydrogen-bond acceptors (Lipinski definition) is 3. The highest BCUT2D eigenvalue weighted by Gasteiger charge is 2.63. The van der Waals surface area contributed by atoms with Gasteiger partial charge in [0.15, 0.2) is 5.72 Å². The summed E-state index contributed by atoms with van der Waals surface area (Å²) < 4.78 is 2.69. The Bertz CT molecular complexity index is 645. The molecule has 3 aliphatic rings. The zero-order valence-corrected chi connectivity index (χ0v) is 12.2. The summed E-state index contributed by atoms with van der Waals surface area (Å²) in [5.41, 5.74) is -0.707. The van der Waals surface area contributed by atoms with Crippen LogP contribution in [0.4, 0.5) is 4.79 Å². The molecule has 0 bridgehead atoms. The Morgan fingerprint density at radius 3 is 2.90 bits per heavy atom. The van der Waals surface area contributed by atoms with Crippen molar-refractivity contribution in [1.29, 1.82) is 0 Å². The van der Waals surface area contributed by atoms with Crippen LogP contribution in [0.3, 0.4) is 0 Å². The van der Waals surface area contributed by atoms with Gasteiger partial charge < -0.3 is 20.3 Å². The van der Waals surface area contributed by atoms with Crippen LogP contribution < -0.4 is 10.6 Å². The van der Waals surface area contributed by atoms with Crippen LogP contribution in [0.15, 0.2) is 16.7 Å². The first kappa shape index (κ1) is 12.2. The van der Waals surface area contributed by atoms with E-state index in [1.54, 1.807) is 13.1 Å². The van der Waals surface area contributed by atoms with Crippen molar-refractivity contribution in [2.75, 3.05) is 7.05 Å². The molecule has 0 radical (unpaired) electrons. The van der Waals surface area contributed by atoms with Gasteiger partial charge in [0.25, 0.3) is 5.91 Å². The molecule has 1 aliphatic carbocycles. The van der Waals surface area contributed by atoms with Gasteiger partial charge in [-0.2, -0.15) is 0 Å². The lowest BCUT2D eigenvalue weighted by Gasteiger charge is -2.32. The van der Waals surface area contributed by atoms with Crippen molar-refractivity contribution >= 4 is 27.9 Å². The molecule has 2 aliphatic heterocycles. The predicted molar refractivity (Wildman–Crippen MR) is 72.1 cm³/mol. The van der Waals surface area contributed by atoms with Crippen LogP contribution >= 0.6 is 15.9 Å². The van der Waals surface area contributed by atoms with E-state index < -0.39 is 11.8 Å². The fraction of sp³-hybridized carbons (Fsp3) is 0.500. The summed E-state index contributed by atoms with van der Waals surface area (Å²) in [7, 11) is 1.57. The molecule has 7 nitrogen and oxygen atoms in total. The maximum absolute atomic E-state index is 12.1. The predicted octanol–water partition coefficient (Wildman–Crippen LogP) is 0.0196. The second-order valence-corrected chi connectivity index (χ2v) is 6.36. The second-order valence-electron chi connectivity index (χ2n) is 5.55. The number of halogens is 1. The maximum atomic E-state index is 12.1. The van der Waals surface area contributed by atoms with Gasteiger partial charge in [-0.3, -0.25) is 9.69 Å². The highest BCUT2D eigenvalue weighted by Crippen LogP contribution is 2.46. The van der Waals surface area contributed by atoms with E-state index in [9.17, 15) is 14.7 Å². The van der Waals surface area contributed by atoms with Crippen LogP contribution in [-0.2, 0) is 0 Å². The Morgan fingerprint density at radius 2 is 2.15 bits per heavy atom. The highest BCUT2D eigenvalue weighted by atomic mass is 79.9. The molecule has 4 atom stereocenters. The van der Waals surface area contributed by atoms with Crippen molar-refractivity contribution in [2.24, 2.45) is 0 Å². The Hall–Kier alpha value is -1.54. The standard InChI is InChI=1S/C12H13BrN4O3/c1-16-11(19)15-9-8-6(4-12(9,16)20)17-5(10(18)14-8)2-3-7(17)13/h2-3,6,8-9,20H,4H2,1H3,(H,14,18)(H,15,19)/t6-,8-,9+,12+/m0/s1. The number of fused-ring (bicyclic) bond motifs is 5. The third kappa shape index (κ3) is 1.23. The molecule has 0 spiro atoms. The lowest BCUT2D eigenvalue weighted by Crippen LogP contribution is -2.56. The van der Waals surface area contributed by atoms with E-state index in [2.05, 4.69) is 26.6 Å². The Balaban J connectivity index is 1.83. The van der Waals surface area contributed by atoms with E-state index in [4.69, 9.17) is 0 Å². The van der Waals surface area contributed by atoms with Crippen LogP contribution in [0.25, 0.3) is 0 Å². The fourth-order valence-corrected chi connectivity index (χ4v) is 4.22. The summed E-state index contributed by atoms with van der Waals surface area (Å²) >= 11 is 3.44. The third-order valence-electron chi connectivity index (χ3n) is 4.68. The summed E-state index contributed by atoms with van der Waals surface area (Å²) in [6, 6.07) is 2.33. The average molecular weight is 341 g/mol. The first-order valence-corrected chi connectivity index (χ1v) is 7.17. The first-order valence-electron chi connectivity index (χ1n) is 6.38. The van der Waals surface area contributed by atoms with Crippen molar-refractivity contribution in [3.05, 3.63) is 22.4 Å². The van der Waals surface area contributed by atoms with Crippen molar-refractivity contribution in [1.82, 2.24) is 20.1 Å².